The first-order chi connectivity index (χ1) is 9.22. The van der Waals surface area contributed by atoms with Crippen molar-refractivity contribution >= 4 is 15.8 Å². The van der Waals surface area contributed by atoms with Gasteiger partial charge in [0.1, 0.15) is 0 Å². The van der Waals surface area contributed by atoms with E-state index in [1.165, 1.54) is 5.56 Å². The van der Waals surface area contributed by atoms with Crippen LogP contribution < -0.4 is 0 Å². The summed E-state index contributed by atoms with van der Waals surface area (Å²) < 4.78 is 11.5. The molecule has 0 bridgehead atoms. The minimum Gasteiger partial charge on any atom is -0.410 e. The summed E-state index contributed by atoms with van der Waals surface area (Å²) in [5.74, 6) is 0. The Morgan fingerprint density at radius 3 is 2.68 bits per heavy atom. The molecule has 0 heterocycles. The SMILES string of the molecule is C=Cc1ccccc1C(CC)O[Si]C(C)COCC. The number of hydrogen-bond donors (Lipinski definition) is 0. The van der Waals surface area contributed by atoms with E-state index in [9.17, 15) is 0 Å². The van der Waals surface area contributed by atoms with E-state index >= 15 is 0 Å². The van der Waals surface area contributed by atoms with E-state index in [1.807, 2.05) is 19.1 Å². The fourth-order valence-corrected chi connectivity index (χ4v) is 2.76. The zero-order valence-corrected chi connectivity index (χ0v) is 13.2. The van der Waals surface area contributed by atoms with Crippen molar-refractivity contribution in [3.05, 3.63) is 42.0 Å². The van der Waals surface area contributed by atoms with Crippen molar-refractivity contribution in [2.45, 2.75) is 38.8 Å². The van der Waals surface area contributed by atoms with Crippen molar-refractivity contribution in [3.8, 4) is 0 Å². The normalized spacial score (nSPS) is 14.1. The van der Waals surface area contributed by atoms with Gasteiger partial charge in [-0.3, -0.25) is 0 Å². The Labute approximate surface area is 119 Å². The molecule has 0 amide bonds. The lowest BCUT2D eigenvalue weighted by molar-refractivity contribution is 0.138. The lowest BCUT2D eigenvalue weighted by atomic mass is 10.0. The van der Waals surface area contributed by atoms with Gasteiger partial charge in [0.25, 0.3) is 0 Å². The second-order valence-corrected chi connectivity index (χ2v) is 5.98. The summed E-state index contributed by atoms with van der Waals surface area (Å²) in [4.78, 5) is 0. The molecular weight excluding hydrogens is 252 g/mol. The van der Waals surface area contributed by atoms with Gasteiger partial charge >= 0.3 is 0 Å². The first-order valence-corrected chi connectivity index (χ1v) is 7.91. The van der Waals surface area contributed by atoms with Gasteiger partial charge in [-0.2, -0.15) is 0 Å². The number of hydrogen-bond acceptors (Lipinski definition) is 2. The summed E-state index contributed by atoms with van der Waals surface area (Å²) in [6.07, 6.45) is 3.02. The van der Waals surface area contributed by atoms with E-state index in [-0.39, 0.29) is 6.10 Å². The van der Waals surface area contributed by atoms with Crippen LogP contribution in [0.5, 0.6) is 0 Å². The third-order valence-corrected chi connectivity index (χ3v) is 3.91. The fourth-order valence-electron chi connectivity index (χ4n) is 1.88. The molecule has 0 spiro atoms. The quantitative estimate of drug-likeness (QED) is 0.627. The van der Waals surface area contributed by atoms with Gasteiger partial charge in [-0.15, -0.1) is 0 Å². The van der Waals surface area contributed by atoms with Crippen LogP contribution in [0.3, 0.4) is 0 Å². The van der Waals surface area contributed by atoms with Crippen molar-refractivity contribution in [2.24, 2.45) is 0 Å². The molecule has 2 unspecified atom stereocenters. The van der Waals surface area contributed by atoms with Crippen LogP contribution in [0.1, 0.15) is 44.4 Å². The predicted molar refractivity (Wildman–Crippen MR) is 82.3 cm³/mol. The summed E-state index contributed by atoms with van der Waals surface area (Å²) in [5, 5.41) is 0. The van der Waals surface area contributed by atoms with Crippen LogP contribution in [-0.2, 0) is 9.16 Å². The van der Waals surface area contributed by atoms with Crippen molar-refractivity contribution in [1.29, 1.82) is 0 Å². The van der Waals surface area contributed by atoms with E-state index in [0.717, 1.165) is 25.2 Å². The molecule has 0 aliphatic rings. The Hall–Kier alpha value is -0.903. The van der Waals surface area contributed by atoms with Crippen LogP contribution in [0.4, 0.5) is 0 Å². The molecule has 19 heavy (non-hydrogen) atoms. The minimum atomic E-state index is 0.150. The van der Waals surface area contributed by atoms with Gasteiger partial charge in [0, 0.05) is 13.2 Å². The molecule has 2 nitrogen and oxygen atoms in total. The van der Waals surface area contributed by atoms with Crippen molar-refractivity contribution < 1.29 is 9.16 Å². The Balaban J connectivity index is 2.60. The Kier molecular flexibility index (Phi) is 7.71. The molecule has 1 aromatic rings. The maximum atomic E-state index is 6.08. The van der Waals surface area contributed by atoms with E-state index in [0.29, 0.717) is 15.3 Å². The molecule has 104 valence electrons. The average Bonchev–Trinajstić information content (AvgIpc) is 2.46. The third kappa shape index (κ3) is 5.31. The van der Waals surface area contributed by atoms with E-state index in [1.54, 1.807) is 0 Å². The van der Waals surface area contributed by atoms with Crippen LogP contribution in [0, 0.1) is 0 Å². The zero-order chi connectivity index (χ0) is 14.1. The van der Waals surface area contributed by atoms with Gasteiger partial charge in [0.15, 0.2) is 0 Å². The number of ether oxygens (including phenoxy) is 1. The van der Waals surface area contributed by atoms with Gasteiger partial charge in [0.2, 0.25) is 9.76 Å². The highest BCUT2D eigenvalue weighted by Crippen LogP contribution is 2.25. The molecule has 2 atom stereocenters. The summed E-state index contributed by atoms with van der Waals surface area (Å²) in [7, 11) is 0.467. The van der Waals surface area contributed by atoms with Crippen molar-refractivity contribution in [1.82, 2.24) is 0 Å². The van der Waals surface area contributed by atoms with Crippen molar-refractivity contribution in [3.63, 3.8) is 0 Å². The van der Waals surface area contributed by atoms with E-state index in [4.69, 9.17) is 9.16 Å². The predicted octanol–water partition coefficient (Wildman–Crippen LogP) is 4.26. The maximum Gasteiger partial charge on any atom is 0.236 e. The topological polar surface area (TPSA) is 18.5 Å². The molecule has 1 rings (SSSR count). The molecule has 0 aliphatic carbocycles. The van der Waals surface area contributed by atoms with Crippen molar-refractivity contribution in [2.75, 3.05) is 13.2 Å². The number of rotatable bonds is 9. The molecule has 0 aromatic heterocycles. The van der Waals surface area contributed by atoms with Gasteiger partial charge in [0.05, 0.1) is 6.10 Å². The Morgan fingerprint density at radius 2 is 2.05 bits per heavy atom. The zero-order valence-electron chi connectivity index (χ0n) is 12.2. The first kappa shape index (κ1) is 16.2. The summed E-state index contributed by atoms with van der Waals surface area (Å²) in [6, 6.07) is 8.30. The molecule has 0 fully saturated rings. The van der Waals surface area contributed by atoms with Crippen LogP contribution >= 0.6 is 0 Å². The highest BCUT2D eigenvalue weighted by atomic mass is 28.2. The molecule has 0 N–H and O–H groups in total. The van der Waals surface area contributed by atoms with E-state index in [2.05, 4.69) is 38.6 Å². The highest BCUT2D eigenvalue weighted by molar-refractivity contribution is 6.29. The molecular formula is C16H24O2Si. The lowest BCUT2D eigenvalue weighted by Crippen LogP contribution is -2.15. The van der Waals surface area contributed by atoms with Gasteiger partial charge in [-0.25, -0.2) is 0 Å². The number of benzene rings is 1. The van der Waals surface area contributed by atoms with Gasteiger partial charge in [-0.05, 0) is 30.0 Å². The molecule has 0 saturated heterocycles. The first-order valence-electron chi connectivity index (χ1n) is 6.93. The average molecular weight is 276 g/mol. The molecule has 0 saturated carbocycles. The molecule has 1 aromatic carbocycles. The maximum absolute atomic E-state index is 6.08. The van der Waals surface area contributed by atoms with Gasteiger partial charge in [-0.1, -0.05) is 50.8 Å². The molecule has 3 heteroatoms. The monoisotopic (exact) mass is 276 g/mol. The molecule has 0 aliphatic heterocycles. The van der Waals surface area contributed by atoms with Crippen LogP contribution in [0.25, 0.3) is 6.08 Å². The standard InChI is InChI=1S/C16H24O2Si/c1-5-14-10-8-9-11-15(14)16(6-2)18-19-13(4)12-17-7-3/h5,8-11,13,16H,1,6-7,12H2,2-4H3. The van der Waals surface area contributed by atoms with Gasteiger partial charge < -0.3 is 9.16 Å². The second kappa shape index (κ2) is 9.07. The van der Waals surface area contributed by atoms with Crippen LogP contribution in [-0.4, -0.2) is 23.0 Å². The third-order valence-electron chi connectivity index (χ3n) is 2.92. The fraction of sp³-hybridized carbons (Fsp3) is 0.500. The smallest absolute Gasteiger partial charge is 0.236 e. The largest absolute Gasteiger partial charge is 0.410 e. The highest BCUT2D eigenvalue weighted by Gasteiger charge is 2.15. The Bertz CT molecular complexity index is 379. The summed E-state index contributed by atoms with van der Waals surface area (Å²) in [5.41, 5.74) is 2.85. The Morgan fingerprint density at radius 1 is 1.32 bits per heavy atom. The van der Waals surface area contributed by atoms with E-state index < -0.39 is 0 Å². The molecule has 2 radical (unpaired) electrons. The summed E-state index contributed by atoms with van der Waals surface area (Å²) >= 11 is 0. The van der Waals surface area contributed by atoms with Crippen LogP contribution in [0.2, 0.25) is 5.54 Å². The summed E-state index contributed by atoms with van der Waals surface area (Å²) in [6.45, 7) is 11.8. The second-order valence-electron chi connectivity index (χ2n) is 4.53. The lowest BCUT2D eigenvalue weighted by Gasteiger charge is -2.20. The van der Waals surface area contributed by atoms with Crippen LogP contribution in [0.15, 0.2) is 30.8 Å². The minimum absolute atomic E-state index is 0.150.